The van der Waals surface area contributed by atoms with Gasteiger partial charge < -0.3 is 11.1 Å². The summed E-state index contributed by atoms with van der Waals surface area (Å²) in [5.41, 5.74) is 6.62. The molecule has 2 rings (SSSR count). The zero-order valence-corrected chi connectivity index (χ0v) is 14.8. The minimum Gasteiger partial charge on any atom is -0.350 e. The molecule has 0 fully saturated rings. The summed E-state index contributed by atoms with van der Waals surface area (Å²) in [5.74, 6) is -0.197. The van der Waals surface area contributed by atoms with Crippen LogP contribution in [0.5, 0.6) is 0 Å². The van der Waals surface area contributed by atoms with E-state index in [9.17, 15) is 9.59 Å². The molecule has 0 spiro atoms. The zero-order chi connectivity index (χ0) is 17.4. The fourth-order valence-corrected chi connectivity index (χ4v) is 1.97. The van der Waals surface area contributed by atoms with Crippen LogP contribution in [-0.4, -0.2) is 32.6 Å². The van der Waals surface area contributed by atoms with Gasteiger partial charge in [-0.05, 0) is 18.9 Å². The number of anilines is 1. The topological polar surface area (TPSA) is 115 Å². The van der Waals surface area contributed by atoms with Crippen LogP contribution in [-0.2, 0) is 22.7 Å². The number of rotatable bonds is 8. The van der Waals surface area contributed by atoms with Gasteiger partial charge in [0.05, 0.1) is 0 Å². The van der Waals surface area contributed by atoms with Crippen molar-refractivity contribution in [2.45, 2.75) is 38.9 Å². The summed E-state index contributed by atoms with van der Waals surface area (Å²) in [7, 11) is 0. The normalized spacial score (nSPS) is 11.3. The van der Waals surface area contributed by atoms with Crippen molar-refractivity contribution in [2.24, 2.45) is 5.73 Å². The number of nitrogens with one attached hydrogen (secondary N) is 2. The van der Waals surface area contributed by atoms with Crippen LogP contribution in [0.3, 0.4) is 0 Å². The van der Waals surface area contributed by atoms with Crippen LogP contribution in [0.25, 0.3) is 0 Å². The molecular weight excluding hydrogens is 344 g/mol. The highest BCUT2D eigenvalue weighted by Gasteiger charge is 2.09. The number of carbonyl (C=O) groups excluding carboxylic acids is 2. The van der Waals surface area contributed by atoms with E-state index < -0.39 is 0 Å². The fraction of sp³-hybridized carbons (Fsp3) is 0.375. The van der Waals surface area contributed by atoms with E-state index in [1.807, 2.05) is 37.3 Å². The number of nitrogens with two attached hydrogens (primary N) is 1. The number of carbonyl (C=O) groups is 2. The third-order valence-electron chi connectivity index (χ3n) is 3.25. The van der Waals surface area contributed by atoms with Gasteiger partial charge in [0.1, 0.15) is 12.9 Å². The lowest BCUT2D eigenvalue weighted by Crippen LogP contribution is -2.27. The first-order valence-electron chi connectivity index (χ1n) is 7.78. The van der Waals surface area contributed by atoms with Crippen molar-refractivity contribution < 1.29 is 9.59 Å². The minimum absolute atomic E-state index is 0. The first-order valence-corrected chi connectivity index (χ1v) is 7.78. The summed E-state index contributed by atoms with van der Waals surface area (Å²) >= 11 is 0. The predicted molar refractivity (Wildman–Crippen MR) is 97.1 cm³/mol. The van der Waals surface area contributed by atoms with Gasteiger partial charge in [-0.1, -0.05) is 30.3 Å². The van der Waals surface area contributed by atoms with Gasteiger partial charge in [-0.15, -0.1) is 17.5 Å². The second kappa shape index (κ2) is 10.4. The van der Waals surface area contributed by atoms with Gasteiger partial charge in [0, 0.05) is 19.0 Å². The average Bonchev–Trinajstić information content (AvgIpc) is 2.99. The number of halogens is 1. The molecule has 4 N–H and O–H groups in total. The summed E-state index contributed by atoms with van der Waals surface area (Å²) in [5, 5.41) is 9.43. The van der Waals surface area contributed by atoms with Gasteiger partial charge in [0.2, 0.25) is 17.8 Å². The Morgan fingerprint density at radius 3 is 2.64 bits per heavy atom. The second-order valence-electron chi connectivity index (χ2n) is 5.59. The zero-order valence-electron chi connectivity index (χ0n) is 14.0. The van der Waals surface area contributed by atoms with E-state index in [0.717, 1.165) is 5.56 Å². The lowest BCUT2D eigenvalue weighted by Gasteiger charge is -2.05. The molecule has 1 atom stereocenters. The molecule has 1 aromatic heterocycles. The van der Waals surface area contributed by atoms with Crippen molar-refractivity contribution in [3.8, 4) is 0 Å². The molecule has 136 valence electrons. The Hall–Kier alpha value is -2.45. The van der Waals surface area contributed by atoms with Crippen LogP contribution in [0.15, 0.2) is 36.7 Å². The molecule has 2 aromatic rings. The predicted octanol–water partition coefficient (Wildman–Crippen LogP) is 1.08. The third kappa shape index (κ3) is 7.77. The molecule has 1 unspecified atom stereocenters. The summed E-state index contributed by atoms with van der Waals surface area (Å²) in [6.45, 7) is 2.33. The lowest BCUT2D eigenvalue weighted by atomic mass is 10.2. The van der Waals surface area contributed by atoms with Crippen LogP contribution in [0.4, 0.5) is 5.95 Å². The minimum atomic E-state index is -0.196. The second-order valence-corrected chi connectivity index (χ2v) is 5.59. The molecule has 0 radical (unpaired) electrons. The van der Waals surface area contributed by atoms with Gasteiger partial charge >= 0.3 is 0 Å². The van der Waals surface area contributed by atoms with E-state index in [4.69, 9.17) is 5.73 Å². The van der Waals surface area contributed by atoms with Gasteiger partial charge in [0.25, 0.3) is 0 Å². The Labute approximate surface area is 152 Å². The highest BCUT2D eigenvalue weighted by Crippen LogP contribution is 2.01. The Balaban J connectivity index is 0.00000312. The maximum absolute atomic E-state index is 11.9. The Kier molecular flexibility index (Phi) is 8.59. The van der Waals surface area contributed by atoms with E-state index in [1.165, 1.54) is 11.0 Å². The van der Waals surface area contributed by atoms with Crippen molar-refractivity contribution in [2.75, 3.05) is 5.32 Å². The van der Waals surface area contributed by atoms with Crippen molar-refractivity contribution in [3.63, 3.8) is 0 Å². The number of amides is 2. The number of hydrogen-bond donors (Lipinski definition) is 3. The summed E-state index contributed by atoms with van der Waals surface area (Å²) in [6.07, 6.45) is 2.31. The molecule has 0 saturated heterocycles. The van der Waals surface area contributed by atoms with Crippen molar-refractivity contribution in [1.29, 1.82) is 0 Å². The molecular formula is C16H23ClN6O2. The molecule has 0 aliphatic carbocycles. The Bertz CT molecular complexity index is 674. The first-order chi connectivity index (χ1) is 11.5. The average molecular weight is 367 g/mol. The molecule has 25 heavy (non-hydrogen) atoms. The third-order valence-corrected chi connectivity index (χ3v) is 3.25. The number of benzene rings is 1. The van der Waals surface area contributed by atoms with Crippen LogP contribution in [0.2, 0.25) is 0 Å². The Morgan fingerprint density at radius 2 is 1.96 bits per heavy atom. The molecule has 2 amide bonds. The van der Waals surface area contributed by atoms with E-state index in [-0.39, 0.29) is 42.8 Å². The number of hydrogen-bond acceptors (Lipinski definition) is 5. The molecule has 0 saturated carbocycles. The summed E-state index contributed by atoms with van der Waals surface area (Å²) < 4.78 is 1.38. The highest BCUT2D eigenvalue weighted by molar-refractivity contribution is 5.88. The van der Waals surface area contributed by atoms with Crippen LogP contribution < -0.4 is 16.4 Å². The van der Waals surface area contributed by atoms with Gasteiger partial charge in [-0.2, -0.15) is 0 Å². The number of nitrogens with zero attached hydrogens (tertiary/aromatic N) is 3. The molecule has 0 bridgehead atoms. The largest absolute Gasteiger partial charge is 0.350 e. The molecule has 0 aliphatic rings. The van der Waals surface area contributed by atoms with Crippen LogP contribution in [0, 0.1) is 0 Å². The SMILES string of the molecule is CC(N)CCC(=O)Nc1ncn(CC(=O)NCc2ccccc2)n1.Cl. The number of aromatic nitrogens is 3. The van der Waals surface area contributed by atoms with Crippen molar-refractivity contribution >= 4 is 30.2 Å². The summed E-state index contributed by atoms with van der Waals surface area (Å²) in [6, 6.07) is 9.59. The van der Waals surface area contributed by atoms with Gasteiger partial charge in [0.15, 0.2) is 0 Å². The molecule has 1 aromatic carbocycles. The van der Waals surface area contributed by atoms with Gasteiger partial charge in [-0.25, -0.2) is 9.67 Å². The standard InChI is InChI=1S/C16H22N6O2.ClH/c1-12(17)7-8-14(23)20-16-19-11-22(21-16)10-15(24)18-9-13-5-3-2-4-6-13;/h2-6,11-12H,7-10,17H2,1H3,(H,18,24)(H,20,21,23);1H. The van der Waals surface area contributed by atoms with E-state index in [0.29, 0.717) is 19.4 Å². The van der Waals surface area contributed by atoms with Crippen molar-refractivity contribution in [3.05, 3.63) is 42.2 Å². The van der Waals surface area contributed by atoms with Crippen LogP contribution >= 0.6 is 12.4 Å². The fourth-order valence-electron chi connectivity index (χ4n) is 1.97. The molecule has 8 nitrogen and oxygen atoms in total. The van der Waals surface area contributed by atoms with Crippen molar-refractivity contribution in [1.82, 2.24) is 20.1 Å². The quantitative estimate of drug-likeness (QED) is 0.646. The molecule has 0 aliphatic heterocycles. The maximum Gasteiger partial charge on any atom is 0.248 e. The smallest absolute Gasteiger partial charge is 0.248 e. The van der Waals surface area contributed by atoms with E-state index in [1.54, 1.807) is 0 Å². The summed E-state index contributed by atoms with van der Waals surface area (Å²) in [4.78, 5) is 27.5. The monoisotopic (exact) mass is 366 g/mol. The Morgan fingerprint density at radius 1 is 1.24 bits per heavy atom. The maximum atomic E-state index is 11.9. The lowest BCUT2D eigenvalue weighted by molar-refractivity contribution is -0.122. The molecule has 1 heterocycles. The molecule has 9 heteroatoms. The van der Waals surface area contributed by atoms with E-state index in [2.05, 4.69) is 20.7 Å². The van der Waals surface area contributed by atoms with E-state index >= 15 is 0 Å². The highest BCUT2D eigenvalue weighted by atomic mass is 35.5. The van der Waals surface area contributed by atoms with Crippen LogP contribution in [0.1, 0.15) is 25.3 Å². The first kappa shape index (κ1) is 20.6. The van der Waals surface area contributed by atoms with Gasteiger partial charge in [-0.3, -0.25) is 14.9 Å².